The zero-order valence-electron chi connectivity index (χ0n) is 8.97. The van der Waals surface area contributed by atoms with E-state index in [1.54, 1.807) is 0 Å². The second-order valence-electron chi connectivity index (χ2n) is 3.41. The summed E-state index contributed by atoms with van der Waals surface area (Å²) < 4.78 is 0. The van der Waals surface area contributed by atoms with Gasteiger partial charge in [0.2, 0.25) is 0 Å². The van der Waals surface area contributed by atoms with E-state index < -0.39 is 12.0 Å². The fourth-order valence-corrected chi connectivity index (χ4v) is 0.966. The van der Waals surface area contributed by atoms with Gasteiger partial charge in [-0.3, -0.25) is 10.1 Å². The van der Waals surface area contributed by atoms with Crippen molar-refractivity contribution < 1.29 is 14.7 Å². The highest BCUT2D eigenvalue weighted by atomic mass is 16.4. The number of carbonyl (C=O) groups excluding carboxylic acids is 1. The molecule has 0 radical (unpaired) electrons. The summed E-state index contributed by atoms with van der Waals surface area (Å²) in [5, 5.41) is 20.9. The number of urea groups is 1. The lowest BCUT2D eigenvalue weighted by Gasteiger charge is -2.07. The Labute approximate surface area is 91.6 Å². The van der Waals surface area contributed by atoms with Gasteiger partial charge >= 0.3 is 12.0 Å². The molecule has 0 aliphatic carbocycles. The van der Waals surface area contributed by atoms with E-state index in [-0.39, 0.29) is 18.4 Å². The van der Waals surface area contributed by atoms with Crippen molar-refractivity contribution in [3.63, 3.8) is 0 Å². The molecule has 0 fully saturated rings. The molecule has 0 spiro atoms. The van der Waals surface area contributed by atoms with Crippen molar-refractivity contribution in [2.45, 2.75) is 26.4 Å². The quantitative estimate of drug-likeness (QED) is 0.665. The van der Waals surface area contributed by atoms with Crippen LogP contribution in [0, 0.1) is 0 Å². The third kappa shape index (κ3) is 3.95. The first kappa shape index (κ1) is 12.0. The largest absolute Gasteiger partial charge is 0.480 e. The Hall–Kier alpha value is -2.12. The number of anilines is 1. The number of hydrogen-bond acceptors (Lipinski definition) is 4. The van der Waals surface area contributed by atoms with Crippen LogP contribution in [0.15, 0.2) is 6.20 Å². The first-order chi connectivity index (χ1) is 7.47. The predicted octanol–water partition coefficient (Wildman–Crippen LogP) is -0.107. The predicted molar refractivity (Wildman–Crippen MR) is 54.9 cm³/mol. The Kier molecular flexibility index (Phi) is 3.81. The number of amides is 2. The molecule has 1 aromatic heterocycles. The van der Waals surface area contributed by atoms with Crippen LogP contribution in [0.1, 0.15) is 13.8 Å². The summed E-state index contributed by atoms with van der Waals surface area (Å²) in [6, 6.07) is -0.397. The van der Waals surface area contributed by atoms with Crippen LogP contribution in [0.4, 0.5) is 10.6 Å². The minimum Gasteiger partial charge on any atom is -0.480 e. The molecule has 1 rings (SSSR count). The van der Waals surface area contributed by atoms with Crippen molar-refractivity contribution in [1.82, 2.24) is 20.3 Å². The Morgan fingerprint density at radius 1 is 1.56 bits per heavy atom. The number of nitrogens with one attached hydrogen (secondary N) is 2. The van der Waals surface area contributed by atoms with Gasteiger partial charge in [0.15, 0.2) is 12.4 Å². The Morgan fingerprint density at radius 3 is 2.81 bits per heavy atom. The molecule has 3 N–H and O–H groups in total. The second-order valence-corrected chi connectivity index (χ2v) is 3.41. The molecule has 8 heteroatoms. The van der Waals surface area contributed by atoms with Gasteiger partial charge in [-0.25, -0.2) is 4.79 Å². The highest BCUT2D eigenvalue weighted by molar-refractivity contribution is 5.88. The fourth-order valence-electron chi connectivity index (χ4n) is 0.966. The maximum atomic E-state index is 11.2. The van der Waals surface area contributed by atoms with E-state index in [1.807, 2.05) is 13.8 Å². The highest BCUT2D eigenvalue weighted by Crippen LogP contribution is 1.98. The minimum atomic E-state index is -1.05. The van der Waals surface area contributed by atoms with Crippen molar-refractivity contribution >= 4 is 17.8 Å². The second kappa shape index (κ2) is 5.10. The summed E-state index contributed by atoms with van der Waals surface area (Å²) in [4.78, 5) is 22.6. The molecule has 0 unspecified atom stereocenters. The summed E-state index contributed by atoms with van der Waals surface area (Å²) in [5.41, 5.74) is 0. The van der Waals surface area contributed by atoms with Crippen LogP contribution in [0.3, 0.4) is 0 Å². The Balaban J connectivity index is 2.51. The molecule has 16 heavy (non-hydrogen) atoms. The fraction of sp³-hybridized carbons (Fsp3) is 0.500. The van der Waals surface area contributed by atoms with Crippen LogP contribution < -0.4 is 10.6 Å². The van der Waals surface area contributed by atoms with Gasteiger partial charge < -0.3 is 10.4 Å². The SMILES string of the molecule is CC(C)NC(=O)Nc1cnn(CC(=O)O)n1. The molecule has 0 atom stereocenters. The van der Waals surface area contributed by atoms with Crippen LogP contribution in [0.2, 0.25) is 0 Å². The van der Waals surface area contributed by atoms with Crippen molar-refractivity contribution in [1.29, 1.82) is 0 Å². The summed E-state index contributed by atoms with van der Waals surface area (Å²) in [6.45, 7) is 3.30. The van der Waals surface area contributed by atoms with E-state index in [9.17, 15) is 9.59 Å². The Bertz CT molecular complexity index is 387. The van der Waals surface area contributed by atoms with E-state index in [4.69, 9.17) is 5.11 Å². The van der Waals surface area contributed by atoms with Gasteiger partial charge in [0.1, 0.15) is 0 Å². The Morgan fingerprint density at radius 2 is 2.25 bits per heavy atom. The minimum absolute atomic E-state index is 0.00839. The van der Waals surface area contributed by atoms with Crippen molar-refractivity contribution in [2.24, 2.45) is 0 Å². The average molecular weight is 227 g/mol. The number of aromatic nitrogens is 3. The first-order valence-electron chi connectivity index (χ1n) is 4.67. The molecular weight excluding hydrogens is 214 g/mol. The molecule has 0 aliphatic heterocycles. The molecule has 0 saturated carbocycles. The number of carboxylic acid groups (broad SMARTS) is 1. The number of carboxylic acids is 1. The van der Waals surface area contributed by atoms with Gasteiger partial charge in [-0.15, -0.1) is 5.10 Å². The lowest BCUT2D eigenvalue weighted by molar-refractivity contribution is -0.138. The van der Waals surface area contributed by atoms with E-state index in [0.29, 0.717) is 0 Å². The third-order valence-electron chi connectivity index (χ3n) is 1.47. The van der Waals surface area contributed by atoms with Crippen LogP contribution in [-0.4, -0.2) is 38.1 Å². The summed E-state index contributed by atoms with van der Waals surface area (Å²) in [5.74, 6) is -0.840. The number of rotatable bonds is 4. The van der Waals surface area contributed by atoms with Crippen molar-refractivity contribution in [3.05, 3.63) is 6.20 Å². The van der Waals surface area contributed by atoms with E-state index in [0.717, 1.165) is 4.80 Å². The number of carbonyl (C=O) groups is 2. The molecule has 0 saturated heterocycles. The monoisotopic (exact) mass is 227 g/mol. The maximum absolute atomic E-state index is 11.2. The average Bonchev–Trinajstić information content (AvgIpc) is 2.49. The molecule has 1 aromatic rings. The molecule has 2 amide bonds. The lowest BCUT2D eigenvalue weighted by Crippen LogP contribution is -2.34. The highest BCUT2D eigenvalue weighted by Gasteiger charge is 2.07. The van der Waals surface area contributed by atoms with Gasteiger partial charge in [0, 0.05) is 6.04 Å². The molecular formula is C8H13N5O3. The van der Waals surface area contributed by atoms with Crippen LogP contribution in [0.25, 0.3) is 0 Å². The van der Waals surface area contributed by atoms with Gasteiger partial charge in [-0.2, -0.15) is 9.90 Å². The molecule has 1 heterocycles. The van der Waals surface area contributed by atoms with Gasteiger partial charge in [-0.05, 0) is 13.8 Å². The van der Waals surface area contributed by atoms with Crippen molar-refractivity contribution in [3.8, 4) is 0 Å². The molecule has 0 aliphatic rings. The van der Waals surface area contributed by atoms with Gasteiger partial charge in [-0.1, -0.05) is 0 Å². The first-order valence-corrected chi connectivity index (χ1v) is 4.67. The maximum Gasteiger partial charge on any atom is 0.327 e. The topological polar surface area (TPSA) is 109 Å². The van der Waals surface area contributed by atoms with Gasteiger partial charge in [0.05, 0.1) is 6.20 Å². The zero-order valence-corrected chi connectivity index (χ0v) is 8.97. The normalized spacial score (nSPS) is 10.2. The number of hydrogen-bond donors (Lipinski definition) is 3. The molecule has 8 nitrogen and oxygen atoms in total. The van der Waals surface area contributed by atoms with E-state index in [2.05, 4.69) is 20.8 Å². The zero-order chi connectivity index (χ0) is 12.1. The van der Waals surface area contributed by atoms with E-state index in [1.165, 1.54) is 6.20 Å². The number of nitrogens with zero attached hydrogens (tertiary/aromatic N) is 3. The molecule has 0 bridgehead atoms. The van der Waals surface area contributed by atoms with Crippen LogP contribution >= 0.6 is 0 Å². The van der Waals surface area contributed by atoms with Crippen molar-refractivity contribution in [2.75, 3.05) is 5.32 Å². The summed E-state index contributed by atoms with van der Waals surface area (Å²) in [6.07, 6.45) is 1.28. The standard InChI is InChI=1S/C8H13N5O3/c1-5(2)10-8(16)11-6-3-9-13(12-6)4-7(14)15/h3,5H,4H2,1-2H3,(H,14,15)(H2,10,11,12,16). The van der Waals surface area contributed by atoms with Crippen LogP contribution in [0.5, 0.6) is 0 Å². The van der Waals surface area contributed by atoms with E-state index >= 15 is 0 Å². The summed E-state index contributed by atoms with van der Waals surface area (Å²) in [7, 11) is 0. The smallest absolute Gasteiger partial charge is 0.327 e. The summed E-state index contributed by atoms with van der Waals surface area (Å²) >= 11 is 0. The third-order valence-corrected chi connectivity index (χ3v) is 1.47. The molecule has 88 valence electrons. The van der Waals surface area contributed by atoms with Crippen LogP contribution in [-0.2, 0) is 11.3 Å². The number of aliphatic carboxylic acids is 1. The van der Waals surface area contributed by atoms with Gasteiger partial charge in [0.25, 0.3) is 0 Å². The lowest BCUT2D eigenvalue weighted by atomic mass is 10.4. The molecule has 0 aromatic carbocycles.